The monoisotopic (exact) mass is 444 g/mol. The molecule has 2 aromatic carbocycles. The molecular formula is C19H22ClFN2O5S. The first-order chi connectivity index (χ1) is 13.6. The third-order valence-corrected chi connectivity index (χ3v) is 5.62. The lowest BCUT2D eigenvalue weighted by atomic mass is 10.1. The molecule has 10 heteroatoms. The van der Waals surface area contributed by atoms with Crippen molar-refractivity contribution in [1.82, 2.24) is 0 Å². The Morgan fingerprint density at radius 1 is 1.17 bits per heavy atom. The Kier molecular flexibility index (Phi) is 7.32. The summed E-state index contributed by atoms with van der Waals surface area (Å²) in [5.41, 5.74) is 0.446. The Morgan fingerprint density at radius 2 is 1.76 bits per heavy atom. The fourth-order valence-electron chi connectivity index (χ4n) is 2.82. The fourth-order valence-corrected chi connectivity index (χ4v) is 4.26. The van der Waals surface area contributed by atoms with Crippen molar-refractivity contribution < 1.29 is 27.1 Å². The van der Waals surface area contributed by atoms with Gasteiger partial charge in [0, 0.05) is 12.1 Å². The highest BCUT2D eigenvalue weighted by Crippen LogP contribution is 2.36. The number of ether oxygens (including phenoxy) is 2. The standard InChI is InChI=1S/C19H22ClFN2O5S/c1-5-16(23(29(4,25)26)13-8-6-12(21)7-9-13)19(24)22-15-11-17(27-2)14(20)10-18(15)28-3/h6-11,16H,5H2,1-4H3,(H,22,24)/t16-/m0/s1. The van der Waals surface area contributed by atoms with Crippen LogP contribution < -0.4 is 19.1 Å². The van der Waals surface area contributed by atoms with Crippen LogP contribution in [0.3, 0.4) is 0 Å². The zero-order chi connectivity index (χ0) is 21.8. The first-order valence-corrected chi connectivity index (χ1v) is 10.8. The maximum absolute atomic E-state index is 13.3. The topological polar surface area (TPSA) is 84.9 Å². The van der Waals surface area contributed by atoms with Gasteiger partial charge in [0.15, 0.2) is 0 Å². The number of methoxy groups -OCH3 is 2. The number of halogens is 2. The Balaban J connectivity index is 2.44. The number of amides is 1. The number of hydrogen-bond acceptors (Lipinski definition) is 5. The van der Waals surface area contributed by atoms with E-state index in [-0.39, 0.29) is 23.5 Å². The number of nitrogens with zero attached hydrogens (tertiary/aromatic N) is 1. The van der Waals surface area contributed by atoms with Gasteiger partial charge in [-0.15, -0.1) is 0 Å². The SMILES string of the molecule is CC[C@@H](C(=O)Nc1cc(OC)c(Cl)cc1OC)N(c1ccc(F)cc1)S(C)(=O)=O. The molecule has 0 aromatic heterocycles. The molecule has 0 radical (unpaired) electrons. The Morgan fingerprint density at radius 3 is 2.24 bits per heavy atom. The lowest BCUT2D eigenvalue weighted by Crippen LogP contribution is -2.47. The van der Waals surface area contributed by atoms with E-state index in [0.717, 1.165) is 22.7 Å². The van der Waals surface area contributed by atoms with Crippen LogP contribution in [0.1, 0.15) is 13.3 Å². The highest BCUT2D eigenvalue weighted by Gasteiger charge is 2.32. The van der Waals surface area contributed by atoms with Crippen LogP contribution in [0.15, 0.2) is 36.4 Å². The molecule has 0 bridgehead atoms. The summed E-state index contributed by atoms with van der Waals surface area (Å²) < 4.78 is 49.5. The molecule has 0 aliphatic heterocycles. The Labute approximate surface area is 174 Å². The molecule has 1 amide bonds. The molecule has 0 saturated heterocycles. The second-order valence-electron chi connectivity index (χ2n) is 6.14. The smallest absolute Gasteiger partial charge is 0.248 e. The van der Waals surface area contributed by atoms with Crippen LogP contribution in [0.4, 0.5) is 15.8 Å². The van der Waals surface area contributed by atoms with E-state index in [1.807, 2.05) is 0 Å². The van der Waals surface area contributed by atoms with Crippen LogP contribution in [0, 0.1) is 5.82 Å². The second-order valence-corrected chi connectivity index (χ2v) is 8.40. The van der Waals surface area contributed by atoms with Crippen LogP contribution in [-0.4, -0.2) is 40.8 Å². The number of anilines is 2. The summed E-state index contributed by atoms with van der Waals surface area (Å²) in [4.78, 5) is 13.0. The Bertz CT molecular complexity index is 983. The molecule has 1 atom stereocenters. The largest absolute Gasteiger partial charge is 0.495 e. The van der Waals surface area contributed by atoms with Crippen molar-refractivity contribution in [3.05, 3.63) is 47.2 Å². The lowest BCUT2D eigenvalue weighted by molar-refractivity contribution is -0.117. The fraction of sp³-hybridized carbons (Fsp3) is 0.316. The van der Waals surface area contributed by atoms with Crippen LogP contribution in [-0.2, 0) is 14.8 Å². The van der Waals surface area contributed by atoms with Gasteiger partial charge < -0.3 is 14.8 Å². The van der Waals surface area contributed by atoms with E-state index in [9.17, 15) is 17.6 Å². The lowest BCUT2D eigenvalue weighted by Gasteiger charge is -2.30. The molecule has 158 valence electrons. The number of carbonyl (C=O) groups excluding carboxylic acids is 1. The van der Waals surface area contributed by atoms with Gasteiger partial charge in [0.1, 0.15) is 23.4 Å². The van der Waals surface area contributed by atoms with Gasteiger partial charge in [0.25, 0.3) is 0 Å². The maximum Gasteiger partial charge on any atom is 0.248 e. The molecule has 0 fully saturated rings. The number of carbonyl (C=O) groups is 1. The summed E-state index contributed by atoms with van der Waals surface area (Å²) in [5.74, 6) is -0.511. The van der Waals surface area contributed by atoms with Crippen molar-refractivity contribution in [2.24, 2.45) is 0 Å². The summed E-state index contributed by atoms with van der Waals surface area (Å²) >= 11 is 6.07. The summed E-state index contributed by atoms with van der Waals surface area (Å²) in [6.45, 7) is 1.67. The van der Waals surface area contributed by atoms with Gasteiger partial charge in [0.2, 0.25) is 15.9 Å². The number of sulfonamides is 1. The van der Waals surface area contributed by atoms with Gasteiger partial charge in [-0.1, -0.05) is 18.5 Å². The summed E-state index contributed by atoms with van der Waals surface area (Å²) in [6, 6.07) is 6.74. The minimum Gasteiger partial charge on any atom is -0.495 e. The van der Waals surface area contributed by atoms with Gasteiger partial charge >= 0.3 is 0 Å². The molecule has 0 unspecified atom stereocenters. The molecule has 0 saturated carbocycles. The van der Waals surface area contributed by atoms with E-state index in [4.69, 9.17) is 21.1 Å². The van der Waals surface area contributed by atoms with Crippen LogP contribution in [0.5, 0.6) is 11.5 Å². The van der Waals surface area contributed by atoms with Crippen LogP contribution >= 0.6 is 11.6 Å². The first-order valence-electron chi connectivity index (χ1n) is 8.59. The molecule has 0 aliphatic carbocycles. The van der Waals surface area contributed by atoms with Crippen LogP contribution in [0.2, 0.25) is 5.02 Å². The first kappa shape index (κ1) is 22.8. The molecule has 0 aliphatic rings. The zero-order valence-electron chi connectivity index (χ0n) is 16.4. The van der Waals surface area contributed by atoms with Crippen molar-refractivity contribution in [1.29, 1.82) is 0 Å². The van der Waals surface area contributed by atoms with Crippen molar-refractivity contribution in [2.45, 2.75) is 19.4 Å². The average Bonchev–Trinajstić information content (AvgIpc) is 2.66. The molecule has 1 N–H and O–H groups in total. The van der Waals surface area contributed by atoms with Crippen molar-refractivity contribution in [3.63, 3.8) is 0 Å². The zero-order valence-corrected chi connectivity index (χ0v) is 18.0. The van der Waals surface area contributed by atoms with E-state index in [1.165, 1.54) is 38.5 Å². The molecule has 29 heavy (non-hydrogen) atoms. The molecule has 2 rings (SSSR count). The van der Waals surface area contributed by atoms with Gasteiger partial charge in [0.05, 0.1) is 36.9 Å². The van der Waals surface area contributed by atoms with Crippen LogP contribution in [0.25, 0.3) is 0 Å². The minimum atomic E-state index is -3.84. The third-order valence-electron chi connectivity index (χ3n) is 4.14. The number of hydrogen-bond donors (Lipinski definition) is 1. The number of nitrogens with one attached hydrogen (secondary N) is 1. The highest BCUT2D eigenvalue weighted by atomic mass is 35.5. The van der Waals surface area contributed by atoms with Gasteiger partial charge in [-0.3, -0.25) is 9.10 Å². The van der Waals surface area contributed by atoms with Gasteiger partial charge in [-0.05, 0) is 30.7 Å². The quantitative estimate of drug-likeness (QED) is 0.671. The highest BCUT2D eigenvalue weighted by molar-refractivity contribution is 7.92. The molecule has 7 nitrogen and oxygen atoms in total. The van der Waals surface area contributed by atoms with E-state index >= 15 is 0 Å². The predicted molar refractivity (Wildman–Crippen MR) is 111 cm³/mol. The number of rotatable bonds is 8. The van der Waals surface area contributed by atoms with E-state index < -0.39 is 27.8 Å². The minimum absolute atomic E-state index is 0.170. The molecule has 0 spiro atoms. The van der Waals surface area contributed by atoms with E-state index in [0.29, 0.717) is 10.8 Å². The van der Waals surface area contributed by atoms with E-state index in [1.54, 1.807) is 6.92 Å². The molecule has 2 aromatic rings. The predicted octanol–water partition coefficient (Wildman–Crippen LogP) is 3.68. The number of benzene rings is 2. The second kappa shape index (κ2) is 9.32. The van der Waals surface area contributed by atoms with Crippen molar-refractivity contribution in [2.75, 3.05) is 30.1 Å². The third kappa shape index (κ3) is 5.30. The molecule has 0 heterocycles. The summed E-state index contributed by atoms with van der Waals surface area (Å²) in [6.07, 6.45) is 1.15. The van der Waals surface area contributed by atoms with Gasteiger partial charge in [-0.2, -0.15) is 0 Å². The summed E-state index contributed by atoms with van der Waals surface area (Å²) in [7, 11) is -1.01. The van der Waals surface area contributed by atoms with Gasteiger partial charge in [-0.25, -0.2) is 12.8 Å². The van der Waals surface area contributed by atoms with E-state index in [2.05, 4.69) is 5.32 Å². The summed E-state index contributed by atoms with van der Waals surface area (Å²) in [5, 5.41) is 2.96. The maximum atomic E-state index is 13.3. The normalized spacial score (nSPS) is 12.2. The molecular weight excluding hydrogens is 423 g/mol. The Hall–Kier alpha value is -2.52. The van der Waals surface area contributed by atoms with Crippen molar-refractivity contribution >= 4 is 38.9 Å². The van der Waals surface area contributed by atoms with Crippen molar-refractivity contribution in [3.8, 4) is 11.5 Å². The average molecular weight is 445 g/mol.